The van der Waals surface area contributed by atoms with Crippen LogP contribution in [0, 0.1) is 11.3 Å². The van der Waals surface area contributed by atoms with Gasteiger partial charge in [-0.25, -0.2) is 0 Å². The molecule has 0 unspecified atom stereocenters. The van der Waals surface area contributed by atoms with Crippen molar-refractivity contribution in [1.29, 1.82) is 5.26 Å². The van der Waals surface area contributed by atoms with Crippen molar-refractivity contribution in [3.8, 4) is 11.8 Å². The van der Waals surface area contributed by atoms with Crippen LogP contribution in [0.4, 0.5) is 0 Å². The lowest BCUT2D eigenvalue weighted by molar-refractivity contribution is -0.121. The quantitative estimate of drug-likeness (QED) is 0.714. The molecule has 130 valence electrons. The highest BCUT2D eigenvalue weighted by molar-refractivity contribution is 5.79. The molecule has 0 heterocycles. The van der Waals surface area contributed by atoms with Gasteiger partial charge in [0.1, 0.15) is 12.4 Å². The lowest BCUT2D eigenvalue weighted by Crippen LogP contribution is -2.29. The summed E-state index contributed by atoms with van der Waals surface area (Å²) in [5.41, 5.74) is 1.82. The monoisotopic (exact) mass is 338 g/mol. The Hall–Kier alpha value is -2.84. The number of amides is 1. The van der Waals surface area contributed by atoms with Gasteiger partial charge in [-0.2, -0.15) is 5.26 Å². The molecular weight excluding hydrogens is 316 g/mol. The van der Waals surface area contributed by atoms with Crippen LogP contribution >= 0.6 is 0 Å². The molecule has 0 spiro atoms. The minimum Gasteiger partial charge on any atom is -0.491 e. The number of methoxy groups -OCH3 is 1. The molecule has 1 amide bonds. The van der Waals surface area contributed by atoms with Crippen molar-refractivity contribution in [2.24, 2.45) is 0 Å². The van der Waals surface area contributed by atoms with E-state index in [9.17, 15) is 4.79 Å². The number of carbonyl (C=O) groups is 1. The lowest BCUT2D eigenvalue weighted by Gasteiger charge is -2.16. The van der Waals surface area contributed by atoms with E-state index in [0.29, 0.717) is 13.2 Å². The molecular formula is C20H22N2O3. The number of hydrogen-bond donors (Lipinski definition) is 1. The van der Waals surface area contributed by atoms with Crippen molar-refractivity contribution in [3.05, 3.63) is 65.7 Å². The van der Waals surface area contributed by atoms with Crippen LogP contribution in [0.15, 0.2) is 54.6 Å². The number of nitrogens with zero attached hydrogens (tertiary/aromatic N) is 1. The van der Waals surface area contributed by atoms with Gasteiger partial charge in [-0.1, -0.05) is 42.5 Å². The maximum Gasteiger partial charge on any atom is 0.224 e. The zero-order chi connectivity index (χ0) is 17.9. The molecule has 0 aliphatic carbocycles. The average Bonchev–Trinajstić information content (AvgIpc) is 2.64. The molecule has 25 heavy (non-hydrogen) atoms. The zero-order valence-corrected chi connectivity index (χ0v) is 14.3. The molecule has 2 rings (SSSR count). The van der Waals surface area contributed by atoms with Gasteiger partial charge in [0.15, 0.2) is 0 Å². The fraction of sp³-hybridized carbons (Fsp3) is 0.300. The number of nitriles is 1. The maximum atomic E-state index is 12.3. The Balaban J connectivity index is 1.91. The highest BCUT2D eigenvalue weighted by atomic mass is 16.5. The first kappa shape index (κ1) is 18.5. The molecule has 1 N–H and O–H groups in total. The van der Waals surface area contributed by atoms with E-state index in [4.69, 9.17) is 14.7 Å². The molecule has 5 heteroatoms. The third-order valence-electron chi connectivity index (χ3n) is 3.68. The summed E-state index contributed by atoms with van der Waals surface area (Å²) < 4.78 is 10.4. The molecule has 2 aromatic rings. The van der Waals surface area contributed by atoms with E-state index in [1.54, 1.807) is 7.11 Å². The minimum absolute atomic E-state index is 0.114. The minimum atomic E-state index is -0.296. The lowest BCUT2D eigenvalue weighted by atomic mass is 10.0. The molecule has 2 aromatic carbocycles. The third-order valence-corrected chi connectivity index (χ3v) is 3.68. The summed E-state index contributed by atoms with van der Waals surface area (Å²) in [6, 6.07) is 18.8. The first-order chi connectivity index (χ1) is 12.2. The maximum absolute atomic E-state index is 12.3. The normalized spacial score (nSPS) is 11.4. The van der Waals surface area contributed by atoms with E-state index < -0.39 is 0 Å². The molecule has 0 aliphatic rings. The zero-order valence-electron chi connectivity index (χ0n) is 14.3. The summed E-state index contributed by atoms with van der Waals surface area (Å²) in [7, 11) is 1.63. The summed E-state index contributed by atoms with van der Waals surface area (Å²) in [5.74, 6) is 0.630. The van der Waals surface area contributed by atoms with E-state index in [0.717, 1.165) is 16.9 Å². The Labute approximate surface area is 148 Å². The second-order valence-electron chi connectivity index (χ2n) is 5.56. The number of carbonyl (C=O) groups excluding carboxylic acids is 1. The van der Waals surface area contributed by atoms with E-state index in [2.05, 4.69) is 11.4 Å². The van der Waals surface area contributed by atoms with Crippen molar-refractivity contribution >= 4 is 5.91 Å². The molecule has 0 aliphatic heterocycles. The van der Waals surface area contributed by atoms with E-state index in [-0.39, 0.29) is 24.8 Å². The summed E-state index contributed by atoms with van der Waals surface area (Å²) in [6.45, 7) is 1.02. The van der Waals surface area contributed by atoms with Crippen LogP contribution in [0.25, 0.3) is 0 Å². The van der Waals surface area contributed by atoms with Crippen molar-refractivity contribution in [2.75, 3.05) is 20.3 Å². The van der Waals surface area contributed by atoms with Gasteiger partial charge in [0.2, 0.25) is 5.91 Å². The number of rotatable bonds is 9. The van der Waals surface area contributed by atoms with Crippen molar-refractivity contribution in [1.82, 2.24) is 5.32 Å². The van der Waals surface area contributed by atoms with Crippen LogP contribution in [0.2, 0.25) is 0 Å². The summed E-state index contributed by atoms with van der Waals surface area (Å²) in [6.07, 6.45) is 0.495. The Morgan fingerprint density at radius 3 is 2.48 bits per heavy atom. The fourth-order valence-electron chi connectivity index (χ4n) is 2.41. The highest BCUT2D eigenvalue weighted by Crippen LogP contribution is 2.17. The largest absolute Gasteiger partial charge is 0.491 e. The summed E-state index contributed by atoms with van der Waals surface area (Å²) in [5, 5.41) is 11.9. The van der Waals surface area contributed by atoms with Crippen LogP contribution in [0.5, 0.6) is 5.75 Å². The number of benzene rings is 2. The van der Waals surface area contributed by atoms with Gasteiger partial charge in [0.05, 0.1) is 31.6 Å². The van der Waals surface area contributed by atoms with Crippen molar-refractivity contribution < 1.29 is 14.3 Å². The van der Waals surface area contributed by atoms with Crippen LogP contribution in [0.1, 0.15) is 23.6 Å². The van der Waals surface area contributed by atoms with Gasteiger partial charge in [0, 0.05) is 7.11 Å². The van der Waals surface area contributed by atoms with Gasteiger partial charge in [0.25, 0.3) is 0 Å². The molecule has 5 nitrogen and oxygen atoms in total. The average molecular weight is 338 g/mol. The van der Waals surface area contributed by atoms with Gasteiger partial charge in [-0.3, -0.25) is 4.79 Å². The smallest absolute Gasteiger partial charge is 0.224 e. The molecule has 0 fully saturated rings. The predicted octanol–water partition coefficient (Wildman–Crippen LogP) is 3.03. The Kier molecular flexibility index (Phi) is 7.48. The topological polar surface area (TPSA) is 71.3 Å². The Bertz CT molecular complexity index is 693. The molecule has 0 radical (unpaired) electrons. The highest BCUT2D eigenvalue weighted by Gasteiger charge is 2.14. The van der Waals surface area contributed by atoms with Crippen molar-refractivity contribution in [3.63, 3.8) is 0 Å². The molecule has 0 aromatic heterocycles. The molecule has 0 bridgehead atoms. The predicted molar refractivity (Wildman–Crippen MR) is 95.1 cm³/mol. The first-order valence-electron chi connectivity index (χ1n) is 8.15. The number of ether oxygens (including phenoxy) is 2. The number of nitrogens with one attached hydrogen (secondary N) is 1. The fourth-order valence-corrected chi connectivity index (χ4v) is 2.41. The van der Waals surface area contributed by atoms with E-state index in [1.807, 2.05) is 54.6 Å². The SMILES string of the molecule is COCCOc1ccc(CC(=O)N[C@@H](CC#N)c2ccccc2)cc1. The van der Waals surface area contributed by atoms with Gasteiger partial charge >= 0.3 is 0 Å². The second kappa shape index (κ2) is 10.1. The van der Waals surface area contributed by atoms with E-state index in [1.165, 1.54) is 0 Å². The van der Waals surface area contributed by atoms with Gasteiger partial charge in [-0.05, 0) is 23.3 Å². The standard InChI is InChI=1S/C20H22N2O3/c1-24-13-14-25-18-9-7-16(8-10-18)15-20(23)22-19(11-12-21)17-5-3-2-4-6-17/h2-10,19H,11,13-15H2,1H3,(H,22,23)/t19-/m0/s1. The molecule has 1 atom stereocenters. The summed E-state index contributed by atoms with van der Waals surface area (Å²) >= 11 is 0. The molecule has 0 saturated carbocycles. The summed E-state index contributed by atoms with van der Waals surface area (Å²) in [4.78, 5) is 12.3. The van der Waals surface area contributed by atoms with Crippen LogP contribution in [0.3, 0.4) is 0 Å². The van der Waals surface area contributed by atoms with E-state index >= 15 is 0 Å². The third kappa shape index (κ3) is 6.28. The Morgan fingerprint density at radius 1 is 1.12 bits per heavy atom. The number of hydrogen-bond acceptors (Lipinski definition) is 4. The van der Waals surface area contributed by atoms with Crippen molar-refractivity contribution in [2.45, 2.75) is 18.9 Å². The van der Waals surface area contributed by atoms with Crippen LogP contribution in [-0.4, -0.2) is 26.2 Å². The van der Waals surface area contributed by atoms with Gasteiger partial charge < -0.3 is 14.8 Å². The van der Waals surface area contributed by atoms with Gasteiger partial charge in [-0.15, -0.1) is 0 Å². The Morgan fingerprint density at radius 2 is 1.84 bits per heavy atom. The van der Waals surface area contributed by atoms with Crippen LogP contribution in [-0.2, 0) is 16.0 Å². The first-order valence-corrected chi connectivity index (χ1v) is 8.15. The van der Waals surface area contributed by atoms with Crippen LogP contribution < -0.4 is 10.1 Å². The molecule has 0 saturated heterocycles. The second-order valence-corrected chi connectivity index (χ2v) is 5.56.